The van der Waals surface area contributed by atoms with E-state index in [9.17, 15) is 26.8 Å². The van der Waals surface area contributed by atoms with E-state index in [1.807, 2.05) is 0 Å². The summed E-state index contributed by atoms with van der Waals surface area (Å²) in [5.74, 6) is -4.83. The van der Waals surface area contributed by atoms with Gasteiger partial charge >= 0.3 is 11.7 Å². The van der Waals surface area contributed by atoms with Gasteiger partial charge in [-0.1, -0.05) is 11.6 Å². The first-order valence-electron chi connectivity index (χ1n) is 9.00. The normalized spacial score (nSPS) is 15.6. The highest BCUT2D eigenvalue weighted by molar-refractivity contribution is 7.91. The lowest BCUT2D eigenvalue weighted by atomic mass is 9.97. The lowest BCUT2D eigenvalue weighted by Gasteiger charge is -2.15. The van der Waals surface area contributed by atoms with E-state index < -0.39 is 38.5 Å². The minimum atomic E-state index is -4.73. The van der Waals surface area contributed by atoms with Crippen LogP contribution >= 0.6 is 0 Å². The molecule has 0 heterocycles. The number of nitrogens with one attached hydrogen (secondary N) is 1. The Kier molecular flexibility index (Phi) is 7.68. The number of carbonyl (C=O) groups is 2. The Morgan fingerprint density at radius 1 is 1.18 bits per heavy atom. The third-order valence-corrected chi connectivity index (χ3v) is 5.83. The molecule has 154 valence electrons. The van der Waals surface area contributed by atoms with Crippen molar-refractivity contribution in [3.63, 3.8) is 0 Å². The van der Waals surface area contributed by atoms with Gasteiger partial charge in [0.05, 0.1) is 10.5 Å². The number of allylic oxidation sites excluding steroid dienone is 1. The molecule has 6 nitrogen and oxygen atoms in total. The maximum Gasteiger partial charge on any atom is 0.341 e. The second-order valence-electron chi connectivity index (χ2n) is 6.53. The molecule has 0 aromatic heterocycles. The van der Waals surface area contributed by atoms with E-state index in [4.69, 9.17) is 4.74 Å². The second-order valence-corrected chi connectivity index (χ2v) is 8.44. The standard InChI is InChI=1S/C19H23F2NO5S/c1-13(17(23)22-12-11-14-5-3-2-4-6-14)27-18(24)15-7-9-16(10-8-15)28(25,26)19(20)21/h5,7-10,13,19H,2-4,6,11-12H2,1H3,(H,22,23)/t13-/m0/s1. The molecular formula is C19H23F2NO5S. The second kappa shape index (κ2) is 9.77. The van der Waals surface area contributed by atoms with Crippen LogP contribution in [0, 0.1) is 0 Å². The topological polar surface area (TPSA) is 89.5 Å². The van der Waals surface area contributed by atoms with Gasteiger partial charge in [-0.3, -0.25) is 4.79 Å². The van der Waals surface area contributed by atoms with Crippen LogP contribution in [0.4, 0.5) is 8.78 Å². The van der Waals surface area contributed by atoms with Crippen molar-refractivity contribution in [1.29, 1.82) is 0 Å². The van der Waals surface area contributed by atoms with Gasteiger partial charge in [0.25, 0.3) is 5.91 Å². The number of sulfone groups is 1. The Morgan fingerprint density at radius 3 is 2.43 bits per heavy atom. The maximum atomic E-state index is 12.5. The molecule has 0 radical (unpaired) electrons. The molecule has 9 heteroatoms. The van der Waals surface area contributed by atoms with E-state index in [-0.39, 0.29) is 5.56 Å². The number of rotatable bonds is 8. The summed E-state index contributed by atoms with van der Waals surface area (Å²) in [7, 11) is -4.73. The third kappa shape index (κ3) is 5.85. The first-order chi connectivity index (χ1) is 13.2. The zero-order valence-corrected chi connectivity index (χ0v) is 16.3. The van der Waals surface area contributed by atoms with Gasteiger partial charge in [0.2, 0.25) is 9.84 Å². The van der Waals surface area contributed by atoms with Crippen molar-refractivity contribution in [1.82, 2.24) is 5.32 Å². The minimum absolute atomic E-state index is 0.0415. The van der Waals surface area contributed by atoms with Gasteiger partial charge in [-0.05, 0) is 63.3 Å². The van der Waals surface area contributed by atoms with Gasteiger partial charge < -0.3 is 10.1 Å². The molecule has 0 aliphatic heterocycles. The largest absolute Gasteiger partial charge is 0.449 e. The van der Waals surface area contributed by atoms with Crippen LogP contribution in [-0.4, -0.2) is 38.7 Å². The van der Waals surface area contributed by atoms with Crippen molar-refractivity contribution >= 4 is 21.7 Å². The van der Waals surface area contributed by atoms with Crippen LogP contribution in [0.5, 0.6) is 0 Å². The van der Waals surface area contributed by atoms with Gasteiger partial charge in [0.1, 0.15) is 0 Å². The van der Waals surface area contributed by atoms with Crippen LogP contribution < -0.4 is 5.32 Å². The summed E-state index contributed by atoms with van der Waals surface area (Å²) >= 11 is 0. The van der Waals surface area contributed by atoms with Crippen molar-refractivity contribution in [2.75, 3.05) is 6.54 Å². The van der Waals surface area contributed by atoms with Crippen molar-refractivity contribution in [2.24, 2.45) is 0 Å². The Hall–Kier alpha value is -2.29. The molecule has 0 fully saturated rings. The first-order valence-corrected chi connectivity index (χ1v) is 10.5. The third-order valence-electron chi connectivity index (χ3n) is 4.44. The maximum absolute atomic E-state index is 12.5. The Morgan fingerprint density at radius 2 is 1.86 bits per heavy atom. The number of benzene rings is 1. The van der Waals surface area contributed by atoms with Crippen LogP contribution in [0.2, 0.25) is 0 Å². The highest BCUT2D eigenvalue weighted by Gasteiger charge is 2.27. The smallest absolute Gasteiger partial charge is 0.341 e. The fourth-order valence-corrected chi connectivity index (χ4v) is 3.51. The molecule has 1 aliphatic carbocycles. The molecule has 1 amide bonds. The van der Waals surface area contributed by atoms with Gasteiger partial charge in [-0.2, -0.15) is 8.78 Å². The van der Waals surface area contributed by atoms with Crippen molar-refractivity contribution in [2.45, 2.75) is 55.8 Å². The summed E-state index contributed by atoms with van der Waals surface area (Å²) in [6.45, 7) is 1.87. The summed E-state index contributed by atoms with van der Waals surface area (Å²) in [6.07, 6.45) is 6.36. The summed E-state index contributed by atoms with van der Waals surface area (Å²) in [5, 5.41) is 2.71. The number of alkyl halides is 2. The SMILES string of the molecule is C[C@H](OC(=O)c1ccc(S(=O)(=O)C(F)F)cc1)C(=O)NCCC1=CCCCC1. The van der Waals surface area contributed by atoms with E-state index >= 15 is 0 Å². The molecule has 28 heavy (non-hydrogen) atoms. The number of hydrogen-bond donors (Lipinski definition) is 1. The van der Waals surface area contributed by atoms with E-state index in [2.05, 4.69) is 11.4 Å². The number of ether oxygens (including phenoxy) is 1. The molecule has 1 aromatic rings. The molecule has 0 unspecified atom stereocenters. The number of esters is 1. The predicted octanol–water partition coefficient (Wildman–Crippen LogP) is 3.23. The molecule has 1 N–H and O–H groups in total. The number of amides is 1. The lowest BCUT2D eigenvalue weighted by molar-refractivity contribution is -0.129. The molecule has 2 rings (SSSR count). The molecule has 1 atom stereocenters. The zero-order chi connectivity index (χ0) is 20.7. The van der Waals surface area contributed by atoms with Gasteiger partial charge in [0.15, 0.2) is 6.10 Å². The molecule has 0 spiro atoms. The summed E-state index contributed by atoms with van der Waals surface area (Å²) in [4.78, 5) is 23.5. The van der Waals surface area contributed by atoms with Gasteiger partial charge in [-0.15, -0.1) is 0 Å². The average molecular weight is 415 g/mol. The van der Waals surface area contributed by atoms with E-state index in [1.165, 1.54) is 18.9 Å². The number of halogens is 2. The molecule has 0 saturated heterocycles. The fraction of sp³-hybridized carbons (Fsp3) is 0.474. The van der Waals surface area contributed by atoms with Gasteiger partial charge in [-0.25, -0.2) is 13.2 Å². The monoisotopic (exact) mass is 415 g/mol. The number of hydrogen-bond acceptors (Lipinski definition) is 5. The van der Waals surface area contributed by atoms with Crippen molar-refractivity contribution in [3.8, 4) is 0 Å². The summed E-state index contributed by atoms with van der Waals surface area (Å²) in [6, 6.07) is 3.94. The van der Waals surface area contributed by atoms with Crippen LogP contribution in [0.1, 0.15) is 49.4 Å². The Bertz CT molecular complexity index is 834. The quantitative estimate of drug-likeness (QED) is 0.520. The molecule has 1 aromatic carbocycles. The number of carbonyl (C=O) groups excluding carboxylic acids is 2. The summed E-state index contributed by atoms with van der Waals surface area (Å²) in [5.41, 5.74) is 1.27. The van der Waals surface area contributed by atoms with Crippen LogP contribution in [0.3, 0.4) is 0 Å². The van der Waals surface area contributed by atoms with Crippen molar-refractivity contribution < 1.29 is 31.5 Å². The Labute approximate surface area is 162 Å². The highest BCUT2D eigenvalue weighted by atomic mass is 32.2. The summed E-state index contributed by atoms with van der Waals surface area (Å²) < 4.78 is 52.8. The first kappa shape index (κ1) is 22.0. The highest BCUT2D eigenvalue weighted by Crippen LogP contribution is 2.20. The zero-order valence-electron chi connectivity index (χ0n) is 15.5. The molecule has 1 aliphatic rings. The molecule has 0 bridgehead atoms. The molecular weight excluding hydrogens is 392 g/mol. The van der Waals surface area contributed by atoms with Crippen molar-refractivity contribution in [3.05, 3.63) is 41.5 Å². The Balaban J connectivity index is 1.85. The van der Waals surface area contributed by atoms with E-state index in [0.717, 1.165) is 49.9 Å². The van der Waals surface area contributed by atoms with Crippen LogP contribution in [0.15, 0.2) is 40.8 Å². The predicted molar refractivity (Wildman–Crippen MR) is 98.7 cm³/mol. The van der Waals surface area contributed by atoms with E-state index in [0.29, 0.717) is 6.54 Å². The fourth-order valence-electron chi connectivity index (χ4n) is 2.79. The van der Waals surface area contributed by atoms with Crippen LogP contribution in [0.25, 0.3) is 0 Å². The molecule has 0 saturated carbocycles. The lowest BCUT2D eigenvalue weighted by Crippen LogP contribution is -2.36. The average Bonchev–Trinajstić information content (AvgIpc) is 2.68. The van der Waals surface area contributed by atoms with Crippen LogP contribution in [-0.2, 0) is 19.4 Å². The van der Waals surface area contributed by atoms with Gasteiger partial charge in [0, 0.05) is 6.54 Å². The van der Waals surface area contributed by atoms with E-state index in [1.54, 1.807) is 0 Å². The minimum Gasteiger partial charge on any atom is -0.449 e.